The molecule has 0 bridgehead atoms. The number of aryl methyl sites for hydroxylation is 1. The van der Waals surface area contributed by atoms with Crippen molar-refractivity contribution in [3.63, 3.8) is 0 Å². The SMILES string of the molecule is COc1ccccc1Cc1cnc(C2CCCCN2C(=O)c2ocnc2C)o1. The highest BCUT2D eigenvalue weighted by atomic mass is 16.5. The number of hydrogen-bond acceptors (Lipinski definition) is 6. The maximum absolute atomic E-state index is 13.0. The lowest BCUT2D eigenvalue weighted by atomic mass is 10.0. The van der Waals surface area contributed by atoms with Crippen LogP contribution in [0, 0.1) is 6.92 Å². The fourth-order valence-electron chi connectivity index (χ4n) is 3.66. The topological polar surface area (TPSA) is 81.6 Å². The second kappa shape index (κ2) is 7.88. The van der Waals surface area contributed by atoms with Gasteiger partial charge in [0.1, 0.15) is 17.6 Å². The van der Waals surface area contributed by atoms with Gasteiger partial charge in [0, 0.05) is 18.5 Å². The van der Waals surface area contributed by atoms with Crippen LogP contribution in [0.2, 0.25) is 0 Å². The van der Waals surface area contributed by atoms with Crippen molar-refractivity contribution in [2.75, 3.05) is 13.7 Å². The number of rotatable bonds is 5. The van der Waals surface area contributed by atoms with E-state index in [0.29, 0.717) is 24.6 Å². The molecule has 0 radical (unpaired) electrons. The maximum Gasteiger partial charge on any atom is 0.292 e. The van der Waals surface area contributed by atoms with Gasteiger partial charge < -0.3 is 18.5 Å². The summed E-state index contributed by atoms with van der Waals surface area (Å²) < 4.78 is 16.8. The number of benzene rings is 1. The molecule has 3 aromatic rings. The molecule has 1 aliphatic heterocycles. The highest BCUT2D eigenvalue weighted by Gasteiger charge is 2.34. The van der Waals surface area contributed by atoms with E-state index < -0.39 is 0 Å². The van der Waals surface area contributed by atoms with Gasteiger partial charge in [-0.05, 0) is 32.3 Å². The zero-order valence-electron chi connectivity index (χ0n) is 16.1. The Bertz CT molecular complexity index is 962. The Morgan fingerprint density at radius 1 is 1.29 bits per heavy atom. The largest absolute Gasteiger partial charge is 0.496 e. The number of amides is 1. The molecular formula is C21H23N3O4. The molecule has 0 N–H and O–H groups in total. The Kier molecular flexibility index (Phi) is 5.14. The first-order valence-electron chi connectivity index (χ1n) is 9.45. The average molecular weight is 381 g/mol. The van der Waals surface area contributed by atoms with Gasteiger partial charge in [-0.1, -0.05) is 18.2 Å². The summed E-state index contributed by atoms with van der Waals surface area (Å²) in [6.45, 7) is 2.42. The summed E-state index contributed by atoms with van der Waals surface area (Å²) in [6.07, 6.45) is 6.40. The van der Waals surface area contributed by atoms with Crippen molar-refractivity contribution in [2.45, 2.75) is 38.6 Å². The van der Waals surface area contributed by atoms with Gasteiger partial charge >= 0.3 is 0 Å². The maximum atomic E-state index is 13.0. The van der Waals surface area contributed by atoms with Crippen LogP contribution in [-0.4, -0.2) is 34.4 Å². The number of carbonyl (C=O) groups is 1. The molecule has 1 unspecified atom stereocenters. The number of para-hydroxylation sites is 1. The van der Waals surface area contributed by atoms with E-state index in [0.717, 1.165) is 36.3 Å². The lowest BCUT2D eigenvalue weighted by Gasteiger charge is -2.33. The standard InChI is InChI=1S/C21H23N3O4/c1-14-19(27-13-23-14)21(25)24-10-6-5-8-17(24)20-22-12-16(28-20)11-15-7-3-4-9-18(15)26-2/h3-4,7,9,12-13,17H,5-6,8,10-11H2,1-2H3. The fourth-order valence-corrected chi connectivity index (χ4v) is 3.66. The van der Waals surface area contributed by atoms with Gasteiger partial charge in [-0.15, -0.1) is 0 Å². The predicted molar refractivity (Wildman–Crippen MR) is 101 cm³/mol. The number of hydrogen-bond donors (Lipinski definition) is 0. The summed E-state index contributed by atoms with van der Waals surface area (Å²) in [4.78, 5) is 23.3. The molecule has 7 nitrogen and oxygen atoms in total. The number of ether oxygens (including phenoxy) is 1. The van der Waals surface area contributed by atoms with Crippen LogP contribution in [0.5, 0.6) is 5.75 Å². The van der Waals surface area contributed by atoms with Crippen LogP contribution >= 0.6 is 0 Å². The number of likely N-dealkylation sites (tertiary alicyclic amines) is 1. The number of carbonyl (C=O) groups excluding carboxylic acids is 1. The third-order valence-corrected chi connectivity index (χ3v) is 5.12. The fraction of sp³-hybridized carbons (Fsp3) is 0.381. The van der Waals surface area contributed by atoms with Crippen molar-refractivity contribution in [3.05, 3.63) is 65.5 Å². The van der Waals surface area contributed by atoms with E-state index in [4.69, 9.17) is 13.6 Å². The third kappa shape index (κ3) is 3.52. The molecule has 0 spiro atoms. The van der Waals surface area contributed by atoms with Crippen LogP contribution < -0.4 is 4.74 Å². The number of methoxy groups -OCH3 is 1. The lowest BCUT2D eigenvalue weighted by Crippen LogP contribution is -2.38. The van der Waals surface area contributed by atoms with E-state index in [1.54, 1.807) is 25.1 Å². The van der Waals surface area contributed by atoms with E-state index in [-0.39, 0.29) is 17.7 Å². The first-order chi connectivity index (χ1) is 13.7. The molecule has 1 aromatic carbocycles. The van der Waals surface area contributed by atoms with Crippen molar-refractivity contribution < 1.29 is 18.4 Å². The molecule has 1 saturated heterocycles. The third-order valence-electron chi connectivity index (χ3n) is 5.12. The molecule has 4 rings (SSSR count). The lowest BCUT2D eigenvalue weighted by molar-refractivity contribution is 0.0537. The molecule has 0 saturated carbocycles. The normalized spacial score (nSPS) is 16.9. The van der Waals surface area contributed by atoms with E-state index in [9.17, 15) is 4.79 Å². The quantitative estimate of drug-likeness (QED) is 0.666. The van der Waals surface area contributed by atoms with Crippen molar-refractivity contribution >= 4 is 5.91 Å². The van der Waals surface area contributed by atoms with Crippen LogP contribution in [0.4, 0.5) is 0 Å². The molecule has 28 heavy (non-hydrogen) atoms. The first kappa shape index (κ1) is 18.3. The van der Waals surface area contributed by atoms with Crippen molar-refractivity contribution in [3.8, 4) is 5.75 Å². The summed E-state index contributed by atoms with van der Waals surface area (Å²) in [6, 6.07) is 7.64. The minimum absolute atomic E-state index is 0.163. The molecular weight excluding hydrogens is 358 g/mol. The van der Waals surface area contributed by atoms with Crippen LogP contribution in [0.25, 0.3) is 0 Å². The Hall–Kier alpha value is -3.09. The number of oxazole rings is 2. The van der Waals surface area contributed by atoms with Gasteiger partial charge in [0.2, 0.25) is 11.7 Å². The van der Waals surface area contributed by atoms with E-state index in [2.05, 4.69) is 9.97 Å². The van der Waals surface area contributed by atoms with Crippen molar-refractivity contribution in [2.24, 2.45) is 0 Å². The molecule has 146 valence electrons. The highest BCUT2D eigenvalue weighted by molar-refractivity contribution is 5.92. The highest BCUT2D eigenvalue weighted by Crippen LogP contribution is 2.33. The Morgan fingerprint density at radius 2 is 2.14 bits per heavy atom. The molecule has 3 heterocycles. The van der Waals surface area contributed by atoms with Gasteiger partial charge in [0.05, 0.1) is 19.0 Å². The molecule has 2 aromatic heterocycles. The molecule has 1 aliphatic rings. The number of piperidine rings is 1. The molecule has 0 aliphatic carbocycles. The van der Waals surface area contributed by atoms with E-state index in [1.807, 2.05) is 24.3 Å². The Labute approximate surface area is 163 Å². The summed E-state index contributed by atoms with van der Waals surface area (Å²) in [5, 5.41) is 0. The molecule has 1 amide bonds. The molecule has 7 heteroatoms. The van der Waals surface area contributed by atoms with E-state index >= 15 is 0 Å². The van der Waals surface area contributed by atoms with E-state index in [1.165, 1.54) is 6.39 Å². The van der Waals surface area contributed by atoms with Gasteiger partial charge in [0.25, 0.3) is 5.91 Å². The molecule has 1 fully saturated rings. The zero-order chi connectivity index (χ0) is 19.5. The predicted octanol–water partition coefficient (Wildman–Crippen LogP) is 3.94. The van der Waals surface area contributed by atoms with Crippen LogP contribution in [-0.2, 0) is 6.42 Å². The molecule has 1 atom stereocenters. The minimum Gasteiger partial charge on any atom is -0.496 e. The van der Waals surface area contributed by atoms with Gasteiger partial charge in [0.15, 0.2) is 6.39 Å². The van der Waals surface area contributed by atoms with Crippen molar-refractivity contribution in [1.29, 1.82) is 0 Å². The summed E-state index contributed by atoms with van der Waals surface area (Å²) in [5.41, 5.74) is 1.63. The summed E-state index contributed by atoms with van der Waals surface area (Å²) >= 11 is 0. The monoisotopic (exact) mass is 381 g/mol. The summed E-state index contributed by atoms with van der Waals surface area (Å²) in [7, 11) is 1.65. The van der Waals surface area contributed by atoms with Gasteiger partial charge in [-0.3, -0.25) is 4.79 Å². The Morgan fingerprint density at radius 3 is 2.93 bits per heavy atom. The first-order valence-corrected chi connectivity index (χ1v) is 9.45. The van der Waals surface area contributed by atoms with Gasteiger partial charge in [-0.2, -0.15) is 0 Å². The zero-order valence-corrected chi connectivity index (χ0v) is 16.1. The smallest absolute Gasteiger partial charge is 0.292 e. The summed E-state index contributed by atoms with van der Waals surface area (Å²) in [5.74, 6) is 2.25. The van der Waals surface area contributed by atoms with Crippen molar-refractivity contribution in [1.82, 2.24) is 14.9 Å². The number of nitrogens with zero attached hydrogens (tertiary/aromatic N) is 3. The second-order valence-electron chi connectivity index (χ2n) is 6.93. The van der Waals surface area contributed by atoms with Gasteiger partial charge in [-0.25, -0.2) is 9.97 Å². The second-order valence-corrected chi connectivity index (χ2v) is 6.93. The number of aromatic nitrogens is 2. The average Bonchev–Trinajstić information content (AvgIpc) is 3.37. The van der Waals surface area contributed by atoms with Crippen LogP contribution in [0.3, 0.4) is 0 Å². The Balaban J connectivity index is 1.56. The van der Waals surface area contributed by atoms with Crippen LogP contribution in [0.15, 0.2) is 45.7 Å². The van der Waals surface area contributed by atoms with Crippen LogP contribution in [0.1, 0.15) is 58.8 Å². The minimum atomic E-state index is -0.197.